The number of rotatable bonds is 5. The summed E-state index contributed by atoms with van der Waals surface area (Å²) in [6, 6.07) is 7.37. The fourth-order valence-corrected chi connectivity index (χ4v) is 3.38. The Labute approximate surface area is 157 Å². The molecule has 1 aromatic carbocycles. The van der Waals surface area contributed by atoms with Crippen LogP contribution in [0.25, 0.3) is 11.0 Å². The number of hydrogen-bond donors (Lipinski definition) is 2. The average Bonchev–Trinajstić information content (AvgIpc) is 3.15. The molecule has 4 rings (SSSR count). The minimum absolute atomic E-state index is 0.0699. The molecular formula is C18H24N8O. The molecule has 0 bridgehead atoms. The van der Waals surface area contributed by atoms with Gasteiger partial charge in [-0.15, -0.1) is 10.2 Å². The zero-order valence-corrected chi connectivity index (χ0v) is 15.6. The van der Waals surface area contributed by atoms with Gasteiger partial charge in [0.1, 0.15) is 23.4 Å². The molecule has 0 fully saturated rings. The van der Waals surface area contributed by atoms with Crippen LogP contribution < -0.4 is 10.6 Å². The Bertz CT molecular complexity index is 911. The summed E-state index contributed by atoms with van der Waals surface area (Å²) in [5.41, 5.74) is 1.56. The first-order chi connectivity index (χ1) is 13.1. The van der Waals surface area contributed by atoms with Gasteiger partial charge in [0.25, 0.3) is 0 Å². The van der Waals surface area contributed by atoms with E-state index in [2.05, 4.69) is 49.4 Å². The van der Waals surface area contributed by atoms with Crippen LogP contribution >= 0.6 is 0 Å². The number of hydrogen-bond acceptors (Lipinski definition) is 6. The summed E-state index contributed by atoms with van der Waals surface area (Å²) in [5.74, 6) is 1.83. The van der Waals surface area contributed by atoms with Crippen LogP contribution in [-0.4, -0.2) is 48.8 Å². The molecule has 27 heavy (non-hydrogen) atoms. The van der Waals surface area contributed by atoms with E-state index in [0.717, 1.165) is 48.7 Å². The Morgan fingerprint density at radius 1 is 1.19 bits per heavy atom. The fourth-order valence-electron chi connectivity index (χ4n) is 3.38. The van der Waals surface area contributed by atoms with Crippen molar-refractivity contribution < 1.29 is 4.79 Å². The number of benzene rings is 1. The Hall–Kier alpha value is -2.81. The van der Waals surface area contributed by atoms with Gasteiger partial charge in [-0.25, -0.2) is 0 Å². The molecule has 0 spiro atoms. The molecule has 9 heteroatoms. The van der Waals surface area contributed by atoms with E-state index in [1.54, 1.807) is 0 Å². The van der Waals surface area contributed by atoms with Gasteiger partial charge < -0.3 is 15.2 Å². The van der Waals surface area contributed by atoms with Gasteiger partial charge in [-0.1, -0.05) is 26.0 Å². The number of nitrogens with zero attached hydrogens (tertiary/aromatic N) is 6. The van der Waals surface area contributed by atoms with Gasteiger partial charge in [0, 0.05) is 26.1 Å². The third-order valence-electron chi connectivity index (χ3n) is 4.77. The second-order valence-corrected chi connectivity index (χ2v) is 7.13. The molecule has 0 radical (unpaired) electrons. The Morgan fingerprint density at radius 3 is 2.63 bits per heavy atom. The lowest BCUT2D eigenvalue weighted by molar-refractivity contribution is -0.123. The Morgan fingerprint density at radius 2 is 1.93 bits per heavy atom. The first-order valence-corrected chi connectivity index (χ1v) is 9.34. The van der Waals surface area contributed by atoms with Gasteiger partial charge in [-0.3, -0.25) is 4.79 Å². The maximum Gasteiger partial charge on any atom is 0.244 e. The van der Waals surface area contributed by atoms with Crippen molar-refractivity contribution in [2.75, 3.05) is 13.1 Å². The maximum atomic E-state index is 12.7. The van der Waals surface area contributed by atoms with E-state index >= 15 is 0 Å². The molecule has 9 nitrogen and oxygen atoms in total. The van der Waals surface area contributed by atoms with Crippen LogP contribution in [0.15, 0.2) is 24.3 Å². The molecule has 1 atom stereocenters. The fraction of sp³-hybridized carbons (Fsp3) is 0.500. The Kier molecular flexibility index (Phi) is 4.85. The lowest BCUT2D eigenvalue weighted by Crippen LogP contribution is -2.36. The highest BCUT2D eigenvalue weighted by Gasteiger charge is 2.26. The van der Waals surface area contributed by atoms with Gasteiger partial charge in [0.2, 0.25) is 5.91 Å². The molecule has 2 aromatic heterocycles. The van der Waals surface area contributed by atoms with Crippen LogP contribution in [-0.2, 0) is 24.3 Å². The Balaban J connectivity index is 1.51. The highest BCUT2D eigenvalue weighted by Crippen LogP contribution is 2.21. The summed E-state index contributed by atoms with van der Waals surface area (Å²) in [6.45, 7) is 6.79. The summed E-state index contributed by atoms with van der Waals surface area (Å²) in [6.07, 6.45) is 0.843. The summed E-state index contributed by atoms with van der Waals surface area (Å²) in [7, 11) is 0. The van der Waals surface area contributed by atoms with Crippen LogP contribution in [0.4, 0.5) is 0 Å². The van der Waals surface area contributed by atoms with Crippen molar-refractivity contribution in [3.05, 3.63) is 35.9 Å². The predicted octanol–water partition coefficient (Wildman–Crippen LogP) is 0.682. The first-order valence-electron chi connectivity index (χ1n) is 9.34. The minimum Gasteiger partial charge on any atom is -0.344 e. The molecular weight excluding hydrogens is 344 g/mol. The van der Waals surface area contributed by atoms with Crippen LogP contribution in [0, 0.1) is 5.92 Å². The van der Waals surface area contributed by atoms with Crippen LogP contribution in [0.5, 0.6) is 0 Å². The van der Waals surface area contributed by atoms with Gasteiger partial charge >= 0.3 is 0 Å². The average molecular weight is 368 g/mol. The van der Waals surface area contributed by atoms with Crippen molar-refractivity contribution in [2.24, 2.45) is 5.92 Å². The monoisotopic (exact) mass is 368 g/mol. The second-order valence-electron chi connectivity index (χ2n) is 7.13. The summed E-state index contributed by atoms with van der Waals surface area (Å²) in [5, 5.41) is 23.9. The van der Waals surface area contributed by atoms with E-state index in [1.165, 1.54) is 4.80 Å². The SMILES string of the molecule is CC(C)[C@@H](NC(=O)Cn1nc2ccccc2n1)c1nnc2n1CCNCC2. The van der Waals surface area contributed by atoms with E-state index in [4.69, 9.17) is 0 Å². The molecule has 2 N–H and O–H groups in total. The molecule has 3 heterocycles. The molecule has 0 unspecified atom stereocenters. The molecule has 1 aliphatic rings. The highest BCUT2D eigenvalue weighted by molar-refractivity contribution is 5.77. The maximum absolute atomic E-state index is 12.7. The van der Waals surface area contributed by atoms with Crippen LogP contribution in [0.3, 0.4) is 0 Å². The quantitative estimate of drug-likeness (QED) is 0.687. The number of aromatic nitrogens is 6. The largest absolute Gasteiger partial charge is 0.344 e. The minimum atomic E-state index is -0.207. The molecule has 0 aliphatic carbocycles. The van der Waals surface area contributed by atoms with Crippen LogP contribution in [0.1, 0.15) is 31.5 Å². The summed E-state index contributed by atoms with van der Waals surface area (Å²) < 4.78 is 2.13. The van der Waals surface area contributed by atoms with E-state index in [-0.39, 0.29) is 24.4 Å². The number of fused-ring (bicyclic) bond motifs is 2. The van der Waals surface area contributed by atoms with E-state index < -0.39 is 0 Å². The molecule has 142 valence electrons. The van der Waals surface area contributed by atoms with E-state index in [0.29, 0.717) is 0 Å². The van der Waals surface area contributed by atoms with Crippen molar-refractivity contribution in [2.45, 2.75) is 39.4 Å². The number of amides is 1. The summed E-state index contributed by atoms with van der Waals surface area (Å²) in [4.78, 5) is 14.1. The molecule has 3 aromatic rings. The smallest absolute Gasteiger partial charge is 0.244 e. The molecule has 0 saturated heterocycles. The van der Waals surface area contributed by atoms with Gasteiger partial charge in [-0.2, -0.15) is 15.0 Å². The van der Waals surface area contributed by atoms with Gasteiger partial charge in [0.15, 0.2) is 5.82 Å². The number of carbonyl (C=O) groups is 1. The number of nitrogens with one attached hydrogen (secondary N) is 2. The van der Waals surface area contributed by atoms with Crippen molar-refractivity contribution in [3.63, 3.8) is 0 Å². The number of carbonyl (C=O) groups excluding carboxylic acids is 1. The van der Waals surface area contributed by atoms with Crippen molar-refractivity contribution >= 4 is 16.9 Å². The van der Waals surface area contributed by atoms with E-state index in [1.807, 2.05) is 24.3 Å². The standard InChI is InChI=1S/C18H24N8O/c1-12(2)17(18-22-21-15-7-8-19-9-10-25(15)18)20-16(27)11-26-23-13-5-3-4-6-14(13)24-26/h3-6,12,17,19H,7-11H2,1-2H3,(H,20,27)/t17-/m1/s1. The van der Waals surface area contributed by atoms with Crippen molar-refractivity contribution in [3.8, 4) is 0 Å². The summed E-state index contributed by atoms with van der Waals surface area (Å²) >= 11 is 0. The third-order valence-corrected chi connectivity index (χ3v) is 4.77. The lowest BCUT2D eigenvalue weighted by atomic mass is 10.0. The van der Waals surface area contributed by atoms with Crippen molar-refractivity contribution in [1.82, 2.24) is 40.4 Å². The van der Waals surface area contributed by atoms with Gasteiger partial charge in [-0.05, 0) is 18.1 Å². The topological polar surface area (TPSA) is 103 Å². The second kappa shape index (κ2) is 7.43. The molecule has 1 amide bonds. The normalized spacial score (nSPS) is 15.5. The lowest BCUT2D eigenvalue weighted by Gasteiger charge is -2.22. The van der Waals surface area contributed by atoms with Crippen LogP contribution in [0.2, 0.25) is 0 Å². The third kappa shape index (κ3) is 3.68. The zero-order chi connectivity index (χ0) is 18.8. The predicted molar refractivity (Wildman–Crippen MR) is 99.8 cm³/mol. The highest BCUT2D eigenvalue weighted by atomic mass is 16.2. The zero-order valence-electron chi connectivity index (χ0n) is 15.6. The van der Waals surface area contributed by atoms with Gasteiger partial charge in [0.05, 0.1) is 6.04 Å². The molecule has 1 aliphatic heterocycles. The van der Waals surface area contributed by atoms with Crippen molar-refractivity contribution in [1.29, 1.82) is 0 Å². The van der Waals surface area contributed by atoms with E-state index in [9.17, 15) is 4.79 Å². The first kappa shape index (κ1) is 17.6. The molecule has 0 saturated carbocycles.